The average molecular weight is 420 g/mol. The zero-order valence-electron chi connectivity index (χ0n) is 16.5. The summed E-state index contributed by atoms with van der Waals surface area (Å²) in [6, 6.07) is 15.2. The molecule has 29 heavy (non-hydrogen) atoms. The number of halogens is 1. The van der Waals surface area contributed by atoms with E-state index < -0.39 is 10.0 Å². The Hall–Kier alpha value is -2.29. The molecule has 1 aliphatic heterocycles. The number of rotatable bonds is 7. The molecule has 6 nitrogen and oxygen atoms in total. The molecule has 0 aromatic heterocycles. The van der Waals surface area contributed by atoms with Crippen molar-refractivity contribution >= 4 is 15.9 Å². The minimum Gasteiger partial charge on any atom is -0.340 e. The van der Waals surface area contributed by atoms with Crippen LogP contribution in [0.25, 0.3) is 0 Å². The second-order valence-electron chi connectivity index (χ2n) is 7.29. The fourth-order valence-corrected chi connectivity index (χ4v) is 4.82. The van der Waals surface area contributed by atoms with Gasteiger partial charge < -0.3 is 4.90 Å². The van der Waals surface area contributed by atoms with Crippen molar-refractivity contribution in [3.05, 3.63) is 71.5 Å². The van der Waals surface area contributed by atoms with Gasteiger partial charge in [0.25, 0.3) is 0 Å². The van der Waals surface area contributed by atoms with Crippen LogP contribution in [0.1, 0.15) is 11.1 Å². The summed E-state index contributed by atoms with van der Waals surface area (Å²) in [4.78, 5) is 16.1. The van der Waals surface area contributed by atoms with Gasteiger partial charge in [-0.3, -0.25) is 9.69 Å². The highest BCUT2D eigenvalue weighted by Crippen LogP contribution is 2.14. The van der Waals surface area contributed by atoms with Gasteiger partial charge in [-0.2, -0.15) is 4.31 Å². The van der Waals surface area contributed by atoms with Crippen LogP contribution in [0.15, 0.2) is 54.6 Å². The SMILES string of the molecule is CN(Cc1ccc(F)cc1)C(=O)CN1CCN(S(=O)(=O)Cc2ccccc2)CC1. The molecule has 8 heteroatoms. The third-order valence-electron chi connectivity index (χ3n) is 5.03. The second kappa shape index (κ2) is 9.47. The van der Waals surface area contributed by atoms with E-state index in [1.54, 1.807) is 24.1 Å². The molecule has 1 amide bonds. The summed E-state index contributed by atoms with van der Waals surface area (Å²) >= 11 is 0. The minimum atomic E-state index is -3.37. The largest absolute Gasteiger partial charge is 0.340 e. The summed E-state index contributed by atoms with van der Waals surface area (Å²) < 4.78 is 39.7. The van der Waals surface area contributed by atoms with Crippen molar-refractivity contribution in [3.63, 3.8) is 0 Å². The molecule has 2 aromatic carbocycles. The van der Waals surface area contributed by atoms with Gasteiger partial charge in [0.15, 0.2) is 0 Å². The molecule has 156 valence electrons. The molecule has 3 rings (SSSR count). The van der Waals surface area contributed by atoms with Gasteiger partial charge >= 0.3 is 0 Å². The smallest absolute Gasteiger partial charge is 0.236 e. The van der Waals surface area contributed by atoms with Crippen molar-refractivity contribution < 1.29 is 17.6 Å². The lowest BCUT2D eigenvalue weighted by Crippen LogP contribution is -2.51. The maximum Gasteiger partial charge on any atom is 0.236 e. The third kappa shape index (κ3) is 6.09. The molecule has 0 unspecified atom stereocenters. The van der Waals surface area contributed by atoms with Crippen molar-refractivity contribution in [2.24, 2.45) is 0 Å². The van der Waals surface area contributed by atoms with Crippen LogP contribution in [-0.4, -0.2) is 68.2 Å². The number of hydrogen-bond donors (Lipinski definition) is 0. The maximum atomic E-state index is 13.0. The first kappa shape index (κ1) is 21.4. The monoisotopic (exact) mass is 419 g/mol. The summed E-state index contributed by atoms with van der Waals surface area (Å²) in [6.45, 7) is 2.44. The Bertz CT molecular complexity index is 912. The molecular weight excluding hydrogens is 393 g/mol. The first-order valence-corrected chi connectivity index (χ1v) is 11.2. The Morgan fingerprint density at radius 3 is 2.21 bits per heavy atom. The number of carbonyl (C=O) groups excluding carboxylic acids is 1. The fraction of sp³-hybridized carbons (Fsp3) is 0.381. The van der Waals surface area contributed by atoms with Crippen molar-refractivity contribution in [1.82, 2.24) is 14.1 Å². The van der Waals surface area contributed by atoms with E-state index in [1.807, 2.05) is 35.2 Å². The Morgan fingerprint density at radius 2 is 1.59 bits per heavy atom. The van der Waals surface area contributed by atoms with Crippen LogP contribution in [0, 0.1) is 5.82 Å². The topological polar surface area (TPSA) is 60.9 Å². The number of amides is 1. The lowest BCUT2D eigenvalue weighted by Gasteiger charge is -2.34. The zero-order chi connectivity index (χ0) is 20.9. The molecule has 0 aliphatic carbocycles. The number of benzene rings is 2. The molecule has 1 heterocycles. The van der Waals surface area contributed by atoms with Crippen LogP contribution >= 0.6 is 0 Å². The molecule has 1 saturated heterocycles. The summed E-state index contributed by atoms with van der Waals surface area (Å²) in [7, 11) is -1.65. The first-order chi connectivity index (χ1) is 13.8. The molecule has 1 fully saturated rings. The third-order valence-corrected chi connectivity index (χ3v) is 6.88. The lowest BCUT2D eigenvalue weighted by atomic mass is 10.2. The number of nitrogens with zero attached hydrogens (tertiary/aromatic N) is 3. The van der Waals surface area contributed by atoms with Gasteiger partial charge in [0.05, 0.1) is 12.3 Å². The maximum absolute atomic E-state index is 13.0. The quantitative estimate of drug-likeness (QED) is 0.688. The number of hydrogen-bond acceptors (Lipinski definition) is 4. The fourth-order valence-electron chi connectivity index (χ4n) is 3.31. The van der Waals surface area contributed by atoms with Crippen LogP contribution in [0.3, 0.4) is 0 Å². The van der Waals surface area contributed by atoms with Crippen LogP contribution in [0.2, 0.25) is 0 Å². The van der Waals surface area contributed by atoms with Crippen LogP contribution in [0.5, 0.6) is 0 Å². The van der Waals surface area contributed by atoms with Gasteiger partial charge in [0.1, 0.15) is 5.82 Å². The predicted octanol–water partition coefficient (Wildman–Crippen LogP) is 1.93. The van der Waals surface area contributed by atoms with Gasteiger partial charge in [-0.05, 0) is 23.3 Å². The molecule has 0 radical (unpaired) electrons. The summed E-state index contributed by atoms with van der Waals surface area (Å²) in [5.74, 6) is -0.356. The van der Waals surface area contributed by atoms with E-state index in [-0.39, 0.29) is 24.0 Å². The van der Waals surface area contributed by atoms with Crippen molar-refractivity contribution in [2.75, 3.05) is 39.8 Å². The Kier molecular flexibility index (Phi) is 7.00. The van der Waals surface area contributed by atoms with E-state index in [1.165, 1.54) is 16.4 Å². The summed E-state index contributed by atoms with van der Waals surface area (Å²) in [5, 5.41) is 0. The average Bonchev–Trinajstić information content (AvgIpc) is 2.70. The molecule has 0 spiro atoms. The van der Waals surface area contributed by atoms with Crippen molar-refractivity contribution in [2.45, 2.75) is 12.3 Å². The van der Waals surface area contributed by atoms with Gasteiger partial charge in [-0.25, -0.2) is 12.8 Å². The van der Waals surface area contributed by atoms with E-state index in [0.717, 1.165) is 11.1 Å². The molecule has 0 bridgehead atoms. The Balaban J connectivity index is 1.47. The van der Waals surface area contributed by atoms with Crippen LogP contribution in [0.4, 0.5) is 4.39 Å². The molecular formula is C21H26FN3O3S. The normalized spacial score (nSPS) is 15.9. The van der Waals surface area contributed by atoms with Gasteiger partial charge in [-0.15, -0.1) is 0 Å². The number of sulfonamides is 1. The highest BCUT2D eigenvalue weighted by atomic mass is 32.2. The first-order valence-electron chi connectivity index (χ1n) is 9.56. The number of piperazine rings is 1. The van der Waals surface area contributed by atoms with Crippen LogP contribution < -0.4 is 0 Å². The van der Waals surface area contributed by atoms with Gasteiger partial charge in [0, 0.05) is 39.8 Å². The predicted molar refractivity (Wildman–Crippen MR) is 110 cm³/mol. The Labute approximate surface area is 171 Å². The minimum absolute atomic E-state index is 0.00677. The van der Waals surface area contributed by atoms with Crippen LogP contribution in [-0.2, 0) is 27.1 Å². The van der Waals surface area contributed by atoms with Gasteiger partial charge in [-0.1, -0.05) is 42.5 Å². The Morgan fingerprint density at radius 1 is 0.966 bits per heavy atom. The molecule has 2 aromatic rings. The highest BCUT2D eigenvalue weighted by Gasteiger charge is 2.28. The van der Waals surface area contributed by atoms with Gasteiger partial charge in [0.2, 0.25) is 15.9 Å². The number of likely N-dealkylation sites (N-methyl/N-ethyl adjacent to an activating group) is 1. The molecule has 0 N–H and O–H groups in total. The lowest BCUT2D eigenvalue weighted by molar-refractivity contribution is -0.131. The van der Waals surface area contributed by atoms with Crippen molar-refractivity contribution in [1.29, 1.82) is 0 Å². The molecule has 0 saturated carbocycles. The molecule has 0 atom stereocenters. The molecule has 1 aliphatic rings. The summed E-state index contributed by atoms with van der Waals surface area (Å²) in [5.41, 5.74) is 1.63. The van der Waals surface area contributed by atoms with E-state index in [2.05, 4.69) is 0 Å². The standard InChI is InChI=1S/C21H26FN3O3S/c1-23(15-18-7-9-20(22)10-8-18)21(26)16-24-11-13-25(14-12-24)29(27,28)17-19-5-3-2-4-6-19/h2-10H,11-17H2,1H3. The van der Waals surface area contributed by atoms with E-state index in [9.17, 15) is 17.6 Å². The highest BCUT2D eigenvalue weighted by molar-refractivity contribution is 7.88. The second-order valence-corrected chi connectivity index (χ2v) is 9.26. The van der Waals surface area contributed by atoms with Crippen molar-refractivity contribution in [3.8, 4) is 0 Å². The summed E-state index contributed by atoms with van der Waals surface area (Å²) in [6.07, 6.45) is 0. The zero-order valence-corrected chi connectivity index (χ0v) is 17.3. The van der Waals surface area contributed by atoms with E-state index in [4.69, 9.17) is 0 Å². The number of carbonyl (C=O) groups is 1. The van der Waals surface area contributed by atoms with E-state index >= 15 is 0 Å². The van der Waals surface area contributed by atoms with E-state index in [0.29, 0.717) is 32.7 Å².